The first-order valence-electron chi connectivity index (χ1n) is 6.09. The summed E-state index contributed by atoms with van der Waals surface area (Å²) in [4.78, 5) is 16.8. The molecule has 0 radical (unpaired) electrons. The van der Waals surface area contributed by atoms with E-state index in [-0.39, 0.29) is 11.1 Å². The number of anilines is 1. The van der Waals surface area contributed by atoms with Crippen LogP contribution >= 0.6 is 0 Å². The van der Waals surface area contributed by atoms with Crippen LogP contribution in [0.3, 0.4) is 0 Å². The number of aromatic amines is 1. The zero-order chi connectivity index (χ0) is 12.4. The second kappa shape index (κ2) is 4.62. The molecule has 4 nitrogen and oxygen atoms in total. The van der Waals surface area contributed by atoms with Crippen molar-refractivity contribution < 1.29 is 0 Å². The van der Waals surface area contributed by atoms with E-state index in [9.17, 15) is 4.79 Å². The molecule has 2 rings (SSSR count). The van der Waals surface area contributed by atoms with Crippen LogP contribution in [-0.2, 0) is 6.42 Å². The zero-order valence-corrected chi connectivity index (χ0v) is 10.3. The fourth-order valence-electron chi connectivity index (χ4n) is 2.39. The quantitative estimate of drug-likeness (QED) is 0.861. The van der Waals surface area contributed by atoms with E-state index < -0.39 is 0 Å². The van der Waals surface area contributed by atoms with Gasteiger partial charge in [0.05, 0.1) is 0 Å². The maximum absolute atomic E-state index is 11.7. The molecule has 0 amide bonds. The molecule has 90 valence electrons. The highest BCUT2D eigenvalue weighted by Crippen LogP contribution is 2.28. The molecule has 0 atom stereocenters. The summed E-state index contributed by atoms with van der Waals surface area (Å²) in [6.45, 7) is 5.95. The fourth-order valence-corrected chi connectivity index (χ4v) is 2.39. The van der Waals surface area contributed by atoms with Crippen molar-refractivity contribution in [2.75, 3.05) is 18.0 Å². The van der Waals surface area contributed by atoms with E-state index in [4.69, 9.17) is 5.26 Å². The van der Waals surface area contributed by atoms with Gasteiger partial charge in [-0.2, -0.15) is 5.26 Å². The third-order valence-electron chi connectivity index (χ3n) is 3.41. The molecule has 0 bridgehead atoms. The second-order valence-corrected chi connectivity index (χ2v) is 4.48. The maximum Gasteiger partial charge on any atom is 0.267 e. The predicted molar refractivity (Wildman–Crippen MR) is 67.3 cm³/mol. The molecule has 2 heterocycles. The Bertz CT molecular complexity index is 525. The zero-order valence-electron chi connectivity index (χ0n) is 10.3. The number of rotatable bonds is 3. The highest BCUT2D eigenvalue weighted by molar-refractivity contribution is 5.58. The smallest absolute Gasteiger partial charge is 0.267 e. The summed E-state index contributed by atoms with van der Waals surface area (Å²) in [5, 5.41) is 8.95. The average molecular weight is 231 g/mol. The lowest BCUT2D eigenvalue weighted by Gasteiger charge is -2.18. The monoisotopic (exact) mass is 231 g/mol. The summed E-state index contributed by atoms with van der Waals surface area (Å²) in [5.41, 5.74) is 2.00. The fraction of sp³-hybridized carbons (Fsp3) is 0.538. The van der Waals surface area contributed by atoms with E-state index in [1.807, 2.05) is 13.0 Å². The van der Waals surface area contributed by atoms with Gasteiger partial charge in [0.2, 0.25) is 0 Å². The van der Waals surface area contributed by atoms with E-state index in [0.29, 0.717) is 0 Å². The van der Waals surface area contributed by atoms with E-state index in [2.05, 4.69) is 16.8 Å². The molecule has 4 heteroatoms. The average Bonchev–Trinajstić information content (AvgIpc) is 2.70. The molecule has 0 aromatic carbocycles. The van der Waals surface area contributed by atoms with E-state index in [0.717, 1.165) is 49.3 Å². The summed E-state index contributed by atoms with van der Waals surface area (Å²) in [7, 11) is 0. The third kappa shape index (κ3) is 1.93. The molecule has 1 aliphatic heterocycles. The second-order valence-electron chi connectivity index (χ2n) is 4.48. The van der Waals surface area contributed by atoms with Crippen LogP contribution in [0.15, 0.2) is 4.79 Å². The predicted octanol–water partition coefficient (Wildman–Crippen LogP) is 1.72. The van der Waals surface area contributed by atoms with Crippen molar-refractivity contribution >= 4 is 5.82 Å². The molecule has 1 N–H and O–H groups in total. The molecule has 0 unspecified atom stereocenters. The van der Waals surface area contributed by atoms with Gasteiger partial charge in [-0.05, 0) is 30.9 Å². The van der Waals surface area contributed by atoms with Gasteiger partial charge in [-0.1, -0.05) is 13.3 Å². The Labute approximate surface area is 101 Å². The maximum atomic E-state index is 11.7. The highest BCUT2D eigenvalue weighted by Gasteiger charge is 2.23. The minimum absolute atomic E-state index is 0.257. The number of aromatic nitrogens is 1. The van der Waals surface area contributed by atoms with Crippen molar-refractivity contribution in [3.8, 4) is 6.07 Å². The Hall–Kier alpha value is -1.76. The first-order chi connectivity index (χ1) is 8.19. The van der Waals surface area contributed by atoms with Gasteiger partial charge in [0.1, 0.15) is 17.5 Å². The molecule has 1 aromatic heterocycles. The lowest BCUT2D eigenvalue weighted by molar-refractivity contribution is 0.730. The number of nitrogens with zero attached hydrogens (tertiary/aromatic N) is 2. The summed E-state index contributed by atoms with van der Waals surface area (Å²) in [5.74, 6) is 0.931. The summed E-state index contributed by atoms with van der Waals surface area (Å²) in [6, 6.07) is 1.99. The summed E-state index contributed by atoms with van der Waals surface area (Å²) in [6.07, 6.45) is 3.20. The standard InChI is InChI=1S/C13H17N3O/c1-3-4-6-16-7-5-10-9(2)11(8-14)13(17)15-12(10)16/h3-7H2,1-2H3,(H,15,17). The van der Waals surface area contributed by atoms with Gasteiger partial charge in [0.25, 0.3) is 5.56 Å². The van der Waals surface area contributed by atoms with Crippen LogP contribution in [-0.4, -0.2) is 18.1 Å². The van der Waals surface area contributed by atoms with Gasteiger partial charge in [0.15, 0.2) is 0 Å². The Morgan fingerprint density at radius 1 is 1.53 bits per heavy atom. The van der Waals surface area contributed by atoms with Crippen LogP contribution in [0.2, 0.25) is 0 Å². The summed E-state index contributed by atoms with van der Waals surface area (Å²) >= 11 is 0. The van der Waals surface area contributed by atoms with Crippen LogP contribution in [0.1, 0.15) is 36.5 Å². The number of pyridine rings is 1. The number of fused-ring (bicyclic) bond motifs is 1. The summed E-state index contributed by atoms with van der Waals surface area (Å²) < 4.78 is 0. The molecular formula is C13H17N3O. The molecule has 0 aliphatic carbocycles. The molecule has 1 aromatic rings. The normalized spacial score (nSPS) is 13.6. The molecule has 0 fully saturated rings. The Morgan fingerprint density at radius 3 is 2.94 bits per heavy atom. The molecule has 0 saturated heterocycles. The van der Waals surface area contributed by atoms with Crippen molar-refractivity contribution in [1.29, 1.82) is 5.26 Å². The Kier molecular flexibility index (Phi) is 3.19. The lowest BCUT2D eigenvalue weighted by atomic mass is 10.1. The number of hydrogen-bond donors (Lipinski definition) is 1. The van der Waals surface area contributed by atoms with Crippen LogP contribution in [0, 0.1) is 18.3 Å². The van der Waals surface area contributed by atoms with Crippen LogP contribution in [0.4, 0.5) is 5.82 Å². The number of nitriles is 1. The molecular weight excluding hydrogens is 214 g/mol. The Morgan fingerprint density at radius 2 is 2.29 bits per heavy atom. The van der Waals surface area contributed by atoms with E-state index in [1.165, 1.54) is 0 Å². The van der Waals surface area contributed by atoms with Crippen molar-refractivity contribution in [3.05, 3.63) is 27.0 Å². The molecule has 17 heavy (non-hydrogen) atoms. The Balaban J connectivity index is 2.42. The topological polar surface area (TPSA) is 59.9 Å². The van der Waals surface area contributed by atoms with Gasteiger partial charge in [0, 0.05) is 13.1 Å². The molecule has 0 spiro atoms. The third-order valence-corrected chi connectivity index (χ3v) is 3.41. The number of unbranched alkanes of at least 4 members (excludes halogenated alkanes) is 1. The van der Waals surface area contributed by atoms with Crippen LogP contribution in [0.5, 0.6) is 0 Å². The van der Waals surface area contributed by atoms with Crippen LogP contribution in [0.25, 0.3) is 0 Å². The number of H-pyrrole nitrogens is 1. The molecule has 1 aliphatic rings. The van der Waals surface area contributed by atoms with Crippen LogP contribution < -0.4 is 10.5 Å². The first kappa shape index (κ1) is 11.7. The largest absolute Gasteiger partial charge is 0.358 e. The highest BCUT2D eigenvalue weighted by atomic mass is 16.1. The van der Waals surface area contributed by atoms with E-state index in [1.54, 1.807) is 0 Å². The molecule has 0 saturated carbocycles. The van der Waals surface area contributed by atoms with Crippen molar-refractivity contribution in [1.82, 2.24) is 4.98 Å². The minimum atomic E-state index is -0.257. The van der Waals surface area contributed by atoms with Gasteiger partial charge in [-0.3, -0.25) is 4.79 Å². The SMILES string of the molecule is CCCCN1CCc2c1[nH]c(=O)c(C#N)c2C. The lowest BCUT2D eigenvalue weighted by Crippen LogP contribution is -2.25. The first-order valence-corrected chi connectivity index (χ1v) is 6.09. The number of nitrogens with one attached hydrogen (secondary N) is 1. The van der Waals surface area contributed by atoms with Gasteiger partial charge < -0.3 is 9.88 Å². The van der Waals surface area contributed by atoms with Gasteiger partial charge in [-0.25, -0.2) is 0 Å². The van der Waals surface area contributed by atoms with Crippen molar-refractivity contribution in [3.63, 3.8) is 0 Å². The van der Waals surface area contributed by atoms with Crippen molar-refractivity contribution in [2.45, 2.75) is 33.1 Å². The van der Waals surface area contributed by atoms with Crippen molar-refractivity contribution in [2.24, 2.45) is 0 Å². The minimum Gasteiger partial charge on any atom is -0.358 e. The van der Waals surface area contributed by atoms with Gasteiger partial charge >= 0.3 is 0 Å². The number of hydrogen-bond acceptors (Lipinski definition) is 3. The van der Waals surface area contributed by atoms with Gasteiger partial charge in [-0.15, -0.1) is 0 Å². The van der Waals surface area contributed by atoms with E-state index >= 15 is 0 Å².